The number of unbranched alkanes of at least 4 members (excludes halogenated alkanes) is 1. The van der Waals surface area contributed by atoms with Crippen LogP contribution in [0.5, 0.6) is 0 Å². The Balaban J connectivity index is 0.00000288. The van der Waals surface area contributed by atoms with Crippen LogP contribution >= 0.6 is 24.0 Å². The third kappa shape index (κ3) is 5.63. The second-order valence-corrected chi connectivity index (χ2v) is 5.21. The summed E-state index contributed by atoms with van der Waals surface area (Å²) in [6, 6.07) is 10.1. The maximum absolute atomic E-state index is 4.32. The largest absolute Gasteiger partial charge is 0.349 e. The number of hydrogen-bond donors (Lipinski definition) is 1. The molecular weight excluding hydrogens is 415 g/mol. The number of benzene rings is 1. The molecule has 0 unspecified atom stereocenters. The minimum Gasteiger partial charge on any atom is -0.349 e. The van der Waals surface area contributed by atoms with Crippen LogP contribution in [0.15, 0.2) is 54.3 Å². The number of rotatable bonds is 7. The number of nitrogens with one attached hydrogen (secondary N) is 1. The van der Waals surface area contributed by atoms with E-state index in [0.717, 1.165) is 36.9 Å². The van der Waals surface area contributed by atoms with Gasteiger partial charge in [0, 0.05) is 26.3 Å². The first-order chi connectivity index (χ1) is 11.3. The molecule has 1 heterocycles. The number of nitrogens with zero attached hydrogens (tertiary/aromatic N) is 5. The first-order valence-corrected chi connectivity index (χ1v) is 7.73. The highest BCUT2D eigenvalue weighted by molar-refractivity contribution is 14.0. The molecule has 0 spiro atoms. The van der Waals surface area contributed by atoms with E-state index in [9.17, 15) is 0 Å². The standard InChI is InChI=1S/C17H24N6.HI/c1-4-5-9-12-22(3)17(18-2)19-13-16-21-20-14-23(16)15-10-7-6-8-11-15;/h4,6-8,10-11,14H,1,5,9,12-13H2,2-3H3,(H,18,19);1H. The number of para-hydroxylation sites is 1. The molecule has 1 aromatic heterocycles. The van der Waals surface area contributed by atoms with E-state index in [1.54, 1.807) is 13.4 Å². The Labute approximate surface area is 160 Å². The smallest absolute Gasteiger partial charge is 0.193 e. The van der Waals surface area contributed by atoms with E-state index in [-0.39, 0.29) is 24.0 Å². The number of halogens is 1. The zero-order chi connectivity index (χ0) is 16.5. The summed E-state index contributed by atoms with van der Waals surface area (Å²) in [5.74, 6) is 1.69. The van der Waals surface area contributed by atoms with Crippen molar-refractivity contribution in [2.24, 2.45) is 4.99 Å². The summed E-state index contributed by atoms with van der Waals surface area (Å²) < 4.78 is 1.97. The molecule has 0 aliphatic carbocycles. The number of guanidine groups is 1. The van der Waals surface area contributed by atoms with Gasteiger partial charge in [0.05, 0.1) is 6.54 Å². The highest BCUT2D eigenvalue weighted by atomic mass is 127. The molecule has 1 N–H and O–H groups in total. The molecule has 1 aromatic carbocycles. The zero-order valence-electron chi connectivity index (χ0n) is 14.2. The molecule has 0 saturated carbocycles. The van der Waals surface area contributed by atoms with Crippen LogP contribution in [0.25, 0.3) is 5.69 Å². The molecule has 0 radical (unpaired) electrons. The van der Waals surface area contributed by atoms with Crippen LogP contribution in [0.2, 0.25) is 0 Å². The van der Waals surface area contributed by atoms with E-state index in [1.807, 2.05) is 48.0 Å². The average molecular weight is 440 g/mol. The maximum Gasteiger partial charge on any atom is 0.193 e. The Bertz CT molecular complexity index is 638. The van der Waals surface area contributed by atoms with Crippen LogP contribution in [0.1, 0.15) is 18.7 Å². The van der Waals surface area contributed by atoms with Gasteiger partial charge in [-0.25, -0.2) is 0 Å². The molecular formula is C17H25IN6. The summed E-state index contributed by atoms with van der Waals surface area (Å²) in [6.07, 6.45) is 5.72. The molecule has 0 amide bonds. The maximum atomic E-state index is 4.32. The van der Waals surface area contributed by atoms with Crippen molar-refractivity contribution in [3.63, 3.8) is 0 Å². The molecule has 0 fully saturated rings. The molecule has 130 valence electrons. The molecule has 7 heteroatoms. The molecule has 24 heavy (non-hydrogen) atoms. The third-order valence-electron chi connectivity index (χ3n) is 3.53. The lowest BCUT2D eigenvalue weighted by Crippen LogP contribution is -2.39. The minimum atomic E-state index is 0. The van der Waals surface area contributed by atoms with Gasteiger partial charge >= 0.3 is 0 Å². The second kappa shape index (κ2) is 10.8. The molecule has 0 aliphatic rings. The highest BCUT2D eigenvalue weighted by Gasteiger charge is 2.09. The number of aliphatic imine (C=N–C) groups is 1. The molecule has 2 aromatic rings. The summed E-state index contributed by atoms with van der Waals surface area (Å²) in [7, 11) is 3.81. The summed E-state index contributed by atoms with van der Waals surface area (Å²) in [4.78, 5) is 6.42. The van der Waals surface area contributed by atoms with Crippen LogP contribution in [0, 0.1) is 0 Å². The van der Waals surface area contributed by atoms with Crippen molar-refractivity contribution in [3.05, 3.63) is 55.1 Å². The molecule has 6 nitrogen and oxygen atoms in total. The van der Waals surface area contributed by atoms with Gasteiger partial charge in [-0.15, -0.1) is 40.8 Å². The van der Waals surface area contributed by atoms with E-state index in [1.165, 1.54) is 0 Å². The summed E-state index contributed by atoms with van der Waals surface area (Å²) in [5, 5.41) is 11.5. The summed E-state index contributed by atoms with van der Waals surface area (Å²) in [6.45, 7) is 5.24. The van der Waals surface area contributed by atoms with Crippen LogP contribution < -0.4 is 5.32 Å². The fourth-order valence-electron chi connectivity index (χ4n) is 2.31. The van der Waals surface area contributed by atoms with Gasteiger partial charge in [0.2, 0.25) is 0 Å². The molecule has 0 aliphatic heterocycles. The van der Waals surface area contributed by atoms with Crippen molar-refractivity contribution >= 4 is 29.9 Å². The monoisotopic (exact) mass is 440 g/mol. The number of allylic oxidation sites excluding steroid dienone is 1. The molecule has 2 rings (SSSR count). The Kier molecular flexibility index (Phi) is 9.06. The van der Waals surface area contributed by atoms with E-state index >= 15 is 0 Å². The van der Waals surface area contributed by atoms with Crippen molar-refractivity contribution in [1.82, 2.24) is 25.0 Å². The quantitative estimate of drug-likeness (QED) is 0.237. The minimum absolute atomic E-state index is 0. The van der Waals surface area contributed by atoms with Crippen LogP contribution in [0.4, 0.5) is 0 Å². The van der Waals surface area contributed by atoms with Crippen LogP contribution in [-0.2, 0) is 6.54 Å². The lowest BCUT2D eigenvalue weighted by molar-refractivity contribution is 0.468. The average Bonchev–Trinajstić information content (AvgIpc) is 3.05. The van der Waals surface area contributed by atoms with E-state index in [0.29, 0.717) is 6.54 Å². The van der Waals surface area contributed by atoms with Crippen molar-refractivity contribution in [2.45, 2.75) is 19.4 Å². The second-order valence-electron chi connectivity index (χ2n) is 5.21. The highest BCUT2D eigenvalue weighted by Crippen LogP contribution is 2.08. The van der Waals surface area contributed by atoms with Gasteiger partial charge in [-0.3, -0.25) is 9.56 Å². The fraction of sp³-hybridized carbons (Fsp3) is 0.353. The first-order valence-electron chi connectivity index (χ1n) is 7.73. The van der Waals surface area contributed by atoms with Gasteiger partial charge in [-0.2, -0.15) is 0 Å². The van der Waals surface area contributed by atoms with E-state index in [2.05, 4.69) is 32.0 Å². The van der Waals surface area contributed by atoms with Gasteiger partial charge in [0.25, 0.3) is 0 Å². The van der Waals surface area contributed by atoms with Gasteiger partial charge in [-0.1, -0.05) is 24.3 Å². The van der Waals surface area contributed by atoms with Gasteiger partial charge in [-0.05, 0) is 25.0 Å². The van der Waals surface area contributed by atoms with Crippen molar-refractivity contribution < 1.29 is 0 Å². The third-order valence-corrected chi connectivity index (χ3v) is 3.53. The van der Waals surface area contributed by atoms with Crippen LogP contribution in [0.3, 0.4) is 0 Å². The van der Waals surface area contributed by atoms with Crippen molar-refractivity contribution in [1.29, 1.82) is 0 Å². The van der Waals surface area contributed by atoms with Crippen molar-refractivity contribution in [3.8, 4) is 5.69 Å². The molecule has 0 bridgehead atoms. The van der Waals surface area contributed by atoms with Gasteiger partial charge in [0.1, 0.15) is 6.33 Å². The summed E-state index contributed by atoms with van der Waals surface area (Å²) >= 11 is 0. The van der Waals surface area contributed by atoms with Crippen LogP contribution in [-0.4, -0.2) is 46.3 Å². The summed E-state index contributed by atoms with van der Waals surface area (Å²) in [5.41, 5.74) is 1.05. The Morgan fingerprint density at radius 2 is 2.12 bits per heavy atom. The number of hydrogen-bond acceptors (Lipinski definition) is 3. The Hall–Kier alpha value is -1.90. The molecule has 0 atom stereocenters. The lowest BCUT2D eigenvalue weighted by Gasteiger charge is -2.21. The molecule has 0 saturated heterocycles. The van der Waals surface area contributed by atoms with E-state index < -0.39 is 0 Å². The van der Waals surface area contributed by atoms with Gasteiger partial charge < -0.3 is 10.2 Å². The Morgan fingerprint density at radius 1 is 1.38 bits per heavy atom. The fourth-order valence-corrected chi connectivity index (χ4v) is 2.31. The van der Waals surface area contributed by atoms with Gasteiger partial charge in [0.15, 0.2) is 11.8 Å². The SMILES string of the molecule is C=CCCCN(C)C(=NC)NCc1nncn1-c1ccccc1.I. The zero-order valence-corrected chi connectivity index (χ0v) is 16.6. The predicted octanol–water partition coefficient (Wildman–Crippen LogP) is 2.86. The van der Waals surface area contributed by atoms with Crippen molar-refractivity contribution in [2.75, 3.05) is 20.6 Å². The van der Waals surface area contributed by atoms with E-state index in [4.69, 9.17) is 0 Å². The first kappa shape index (κ1) is 20.1. The Morgan fingerprint density at radius 3 is 2.79 bits per heavy atom. The normalized spacial score (nSPS) is 10.8. The lowest BCUT2D eigenvalue weighted by atomic mass is 10.3. The topological polar surface area (TPSA) is 58.3 Å². The number of aromatic nitrogens is 3. The predicted molar refractivity (Wildman–Crippen MR) is 109 cm³/mol.